The van der Waals surface area contributed by atoms with Crippen molar-refractivity contribution < 1.29 is 9.59 Å². The number of benzene rings is 1. The van der Waals surface area contributed by atoms with E-state index in [-0.39, 0.29) is 5.91 Å². The van der Waals surface area contributed by atoms with Crippen LogP contribution in [0.15, 0.2) is 36.7 Å². The highest BCUT2D eigenvalue weighted by atomic mass is 16.1. The number of piperazine rings is 1. The average molecular weight is 339 g/mol. The molecule has 2 aromatic rings. The largest absolute Gasteiger partial charge is 0.342 e. The van der Waals surface area contributed by atoms with E-state index in [9.17, 15) is 9.59 Å². The Hall–Kier alpha value is -2.96. The van der Waals surface area contributed by atoms with E-state index in [1.165, 1.54) is 18.0 Å². The zero-order valence-electron chi connectivity index (χ0n) is 14.2. The van der Waals surface area contributed by atoms with E-state index in [2.05, 4.69) is 22.2 Å². The number of anilines is 2. The van der Waals surface area contributed by atoms with Gasteiger partial charge >= 0.3 is 0 Å². The standard InChI is InChI=1S/C18H21N5O2/c1-2-14-3-5-16(6-4-14)21-17(25)15-11-19-18(20-12-15)23-9-7-22(13-24)8-10-23/h3-6,11-13H,2,7-10H2,1H3,(H,21,25). The summed E-state index contributed by atoms with van der Waals surface area (Å²) in [5.74, 6) is 0.343. The van der Waals surface area contributed by atoms with E-state index in [4.69, 9.17) is 0 Å². The van der Waals surface area contributed by atoms with Gasteiger partial charge in [0.05, 0.1) is 5.56 Å². The lowest BCUT2D eigenvalue weighted by molar-refractivity contribution is -0.118. The fourth-order valence-electron chi connectivity index (χ4n) is 2.66. The number of carbonyl (C=O) groups excluding carboxylic acids is 2. The SMILES string of the molecule is CCc1ccc(NC(=O)c2cnc(N3CCN(C=O)CC3)nc2)cc1. The first-order valence-electron chi connectivity index (χ1n) is 8.36. The third-order valence-electron chi connectivity index (χ3n) is 4.27. The highest BCUT2D eigenvalue weighted by Crippen LogP contribution is 2.13. The summed E-state index contributed by atoms with van der Waals surface area (Å²) in [6, 6.07) is 7.76. The minimum Gasteiger partial charge on any atom is -0.342 e. The van der Waals surface area contributed by atoms with Gasteiger partial charge < -0.3 is 15.1 Å². The van der Waals surface area contributed by atoms with Crippen molar-refractivity contribution in [3.05, 3.63) is 47.8 Å². The molecule has 2 amide bonds. The number of aromatic nitrogens is 2. The van der Waals surface area contributed by atoms with Gasteiger partial charge in [0.15, 0.2) is 0 Å². The molecule has 1 aromatic carbocycles. The van der Waals surface area contributed by atoms with Crippen LogP contribution in [0.2, 0.25) is 0 Å². The van der Waals surface area contributed by atoms with Crippen LogP contribution in [0.4, 0.5) is 11.6 Å². The van der Waals surface area contributed by atoms with Gasteiger partial charge in [-0.05, 0) is 24.1 Å². The zero-order chi connectivity index (χ0) is 17.6. The van der Waals surface area contributed by atoms with Crippen molar-refractivity contribution in [2.75, 3.05) is 36.4 Å². The Bertz CT molecular complexity index is 722. The van der Waals surface area contributed by atoms with E-state index in [1.54, 1.807) is 4.90 Å². The van der Waals surface area contributed by atoms with Gasteiger partial charge in [-0.25, -0.2) is 9.97 Å². The summed E-state index contributed by atoms with van der Waals surface area (Å²) in [5, 5.41) is 2.84. The van der Waals surface area contributed by atoms with Crippen LogP contribution in [0, 0.1) is 0 Å². The molecule has 130 valence electrons. The number of carbonyl (C=O) groups is 2. The zero-order valence-corrected chi connectivity index (χ0v) is 14.2. The van der Waals surface area contributed by atoms with Crippen LogP contribution >= 0.6 is 0 Å². The molecule has 1 aromatic heterocycles. The lowest BCUT2D eigenvalue weighted by atomic mass is 10.1. The number of aryl methyl sites for hydroxylation is 1. The second-order valence-electron chi connectivity index (χ2n) is 5.90. The molecule has 2 heterocycles. The molecule has 7 nitrogen and oxygen atoms in total. The second-order valence-corrected chi connectivity index (χ2v) is 5.90. The van der Waals surface area contributed by atoms with Crippen LogP contribution < -0.4 is 10.2 Å². The van der Waals surface area contributed by atoms with Gasteiger partial charge in [-0.15, -0.1) is 0 Å². The Kier molecular flexibility index (Phi) is 5.23. The van der Waals surface area contributed by atoms with Crippen molar-refractivity contribution in [2.45, 2.75) is 13.3 Å². The van der Waals surface area contributed by atoms with Crippen LogP contribution in [0.25, 0.3) is 0 Å². The minimum atomic E-state index is -0.235. The molecule has 1 aliphatic rings. The summed E-state index contributed by atoms with van der Waals surface area (Å²) < 4.78 is 0. The molecule has 0 bridgehead atoms. The molecule has 0 saturated carbocycles. The molecule has 0 atom stereocenters. The summed E-state index contributed by atoms with van der Waals surface area (Å²) in [6.45, 7) is 4.78. The van der Waals surface area contributed by atoms with E-state index in [0.717, 1.165) is 18.5 Å². The molecule has 1 N–H and O–H groups in total. The summed E-state index contributed by atoms with van der Waals surface area (Å²) in [6.07, 6.45) is 4.89. The maximum atomic E-state index is 12.3. The van der Waals surface area contributed by atoms with Crippen molar-refractivity contribution in [1.29, 1.82) is 0 Å². The smallest absolute Gasteiger partial charge is 0.258 e. The maximum absolute atomic E-state index is 12.3. The number of nitrogens with one attached hydrogen (secondary N) is 1. The molecule has 7 heteroatoms. The normalized spacial score (nSPS) is 14.3. The van der Waals surface area contributed by atoms with Crippen LogP contribution in [0.3, 0.4) is 0 Å². The molecule has 0 spiro atoms. The molecule has 0 unspecified atom stereocenters. The van der Waals surface area contributed by atoms with E-state index in [1.807, 2.05) is 29.2 Å². The molecule has 0 radical (unpaired) electrons. The van der Waals surface area contributed by atoms with E-state index >= 15 is 0 Å². The van der Waals surface area contributed by atoms with Crippen molar-refractivity contribution in [1.82, 2.24) is 14.9 Å². The summed E-state index contributed by atoms with van der Waals surface area (Å²) in [7, 11) is 0. The fraction of sp³-hybridized carbons (Fsp3) is 0.333. The third-order valence-corrected chi connectivity index (χ3v) is 4.27. The Morgan fingerprint density at radius 1 is 1.12 bits per heavy atom. The Labute approximate surface area is 146 Å². The lowest BCUT2D eigenvalue weighted by Crippen LogP contribution is -2.46. The topological polar surface area (TPSA) is 78.4 Å². The minimum absolute atomic E-state index is 0.235. The molecular formula is C18H21N5O2. The predicted octanol–water partition coefficient (Wildman–Crippen LogP) is 1.57. The van der Waals surface area contributed by atoms with Gasteiger partial charge in [0.25, 0.3) is 5.91 Å². The molecule has 3 rings (SSSR count). The quantitative estimate of drug-likeness (QED) is 0.837. The molecule has 1 saturated heterocycles. The highest BCUT2D eigenvalue weighted by Gasteiger charge is 2.18. The number of hydrogen-bond acceptors (Lipinski definition) is 5. The Morgan fingerprint density at radius 2 is 1.76 bits per heavy atom. The van der Waals surface area contributed by atoms with Gasteiger partial charge in [0.2, 0.25) is 12.4 Å². The van der Waals surface area contributed by atoms with Crippen LogP contribution in [0.1, 0.15) is 22.8 Å². The molecular weight excluding hydrogens is 318 g/mol. The molecule has 1 aliphatic heterocycles. The van der Waals surface area contributed by atoms with Gasteiger partial charge in [0.1, 0.15) is 0 Å². The monoisotopic (exact) mass is 339 g/mol. The summed E-state index contributed by atoms with van der Waals surface area (Å²) in [4.78, 5) is 35.3. The fourth-order valence-corrected chi connectivity index (χ4v) is 2.66. The molecule has 0 aliphatic carbocycles. The highest BCUT2D eigenvalue weighted by molar-refractivity contribution is 6.03. The first-order valence-corrected chi connectivity index (χ1v) is 8.36. The van der Waals surface area contributed by atoms with Gasteiger partial charge in [-0.1, -0.05) is 19.1 Å². The first-order chi connectivity index (χ1) is 12.2. The van der Waals surface area contributed by atoms with Gasteiger partial charge in [-0.3, -0.25) is 9.59 Å². The van der Waals surface area contributed by atoms with Crippen molar-refractivity contribution in [3.8, 4) is 0 Å². The third kappa shape index (κ3) is 4.12. The van der Waals surface area contributed by atoms with E-state index < -0.39 is 0 Å². The first kappa shape index (κ1) is 16.9. The Morgan fingerprint density at radius 3 is 2.32 bits per heavy atom. The number of hydrogen-bond donors (Lipinski definition) is 1. The molecule has 1 fully saturated rings. The van der Waals surface area contributed by atoms with Gasteiger partial charge in [-0.2, -0.15) is 0 Å². The number of nitrogens with zero attached hydrogens (tertiary/aromatic N) is 4. The number of rotatable bonds is 5. The van der Waals surface area contributed by atoms with Crippen molar-refractivity contribution >= 4 is 24.0 Å². The summed E-state index contributed by atoms with van der Waals surface area (Å²) in [5.41, 5.74) is 2.38. The second kappa shape index (κ2) is 7.74. The predicted molar refractivity (Wildman–Crippen MR) is 95.7 cm³/mol. The van der Waals surface area contributed by atoms with Crippen molar-refractivity contribution in [3.63, 3.8) is 0 Å². The number of amides is 2. The average Bonchev–Trinajstić information content (AvgIpc) is 2.69. The maximum Gasteiger partial charge on any atom is 0.258 e. The van der Waals surface area contributed by atoms with Gasteiger partial charge in [0, 0.05) is 44.3 Å². The summed E-state index contributed by atoms with van der Waals surface area (Å²) >= 11 is 0. The van der Waals surface area contributed by atoms with E-state index in [0.29, 0.717) is 37.7 Å². The molecule has 25 heavy (non-hydrogen) atoms. The van der Waals surface area contributed by atoms with Crippen LogP contribution in [-0.4, -0.2) is 53.4 Å². The van der Waals surface area contributed by atoms with Crippen LogP contribution in [0.5, 0.6) is 0 Å². The lowest BCUT2D eigenvalue weighted by Gasteiger charge is -2.32. The van der Waals surface area contributed by atoms with Crippen molar-refractivity contribution in [2.24, 2.45) is 0 Å². The Balaban J connectivity index is 1.61. The van der Waals surface area contributed by atoms with Crippen LogP contribution in [-0.2, 0) is 11.2 Å².